The Kier molecular flexibility index (Phi) is 5.00. The number of ether oxygens (including phenoxy) is 1. The fourth-order valence-corrected chi connectivity index (χ4v) is 3.81. The van der Waals surface area contributed by atoms with Gasteiger partial charge in [0, 0.05) is 26.7 Å². The number of aromatic nitrogens is 4. The number of methoxy groups -OCH3 is 1. The number of aryl methyl sites for hydroxylation is 1. The molecule has 144 valence electrons. The van der Waals surface area contributed by atoms with Gasteiger partial charge in [-0.2, -0.15) is 9.40 Å². The van der Waals surface area contributed by atoms with Crippen LogP contribution in [0.15, 0.2) is 34.1 Å². The lowest BCUT2D eigenvalue weighted by molar-refractivity contribution is 0.266. The molecule has 0 saturated carbocycles. The number of rotatable bonds is 6. The molecule has 0 saturated heterocycles. The van der Waals surface area contributed by atoms with Gasteiger partial charge in [-0.15, -0.1) is 0 Å². The molecule has 2 heterocycles. The maximum Gasteiger partial charge on any atom is 0.262 e. The number of hydrogen-bond acceptors (Lipinski definition) is 7. The van der Waals surface area contributed by atoms with E-state index in [2.05, 4.69) is 15.1 Å². The number of likely N-dealkylation sites (N-methyl/N-ethyl adjacent to an activating group) is 1. The van der Waals surface area contributed by atoms with Crippen molar-refractivity contribution >= 4 is 21.1 Å². The number of hydrogen-bond donors (Lipinski definition) is 2. The third-order valence-corrected chi connectivity index (χ3v) is 6.01. The monoisotopic (exact) mass is 393 g/mol. The van der Waals surface area contributed by atoms with Crippen molar-refractivity contribution in [1.82, 2.24) is 24.1 Å². The lowest BCUT2D eigenvalue weighted by Crippen LogP contribution is -2.29. The number of H-pyrrole nitrogens is 1. The molecule has 2 N–H and O–H groups in total. The maximum atomic E-state index is 12.6. The van der Waals surface area contributed by atoms with Crippen LogP contribution in [0, 0.1) is 0 Å². The highest BCUT2D eigenvalue weighted by atomic mass is 32.2. The van der Waals surface area contributed by atoms with E-state index >= 15 is 0 Å². The van der Waals surface area contributed by atoms with E-state index in [-0.39, 0.29) is 35.2 Å². The minimum absolute atomic E-state index is 0.00279. The van der Waals surface area contributed by atoms with Gasteiger partial charge in [0.05, 0.1) is 30.4 Å². The molecule has 0 fully saturated rings. The van der Waals surface area contributed by atoms with E-state index in [0.717, 1.165) is 4.31 Å². The van der Waals surface area contributed by atoms with Crippen molar-refractivity contribution in [3.8, 4) is 17.1 Å². The maximum absolute atomic E-state index is 12.6. The van der Waals surface area contributed by atoms with Gasteiger partial charge in [-0.25, -0.2) is 13.4 Å². The summed E-state index contributed by atoms with van der Waals surface area (Å²) in [6.45, 7) is -0.320. The molecule has 27 heavy (non-hydrogen) atoms. The summed E-state index contributed by atoms with van der Waals surface area (Å²) in [5.41, 5.74) is 0.473. The average Bonchev–Trinajstić information content (AvgIpc) is 3.03. The van der Waals surface area contributed by atoms with Crippen LogP contribution < -0.4 is 10.3 Å². The van der Waals surface area contributed by atoms with Gasteiger partial charge in [0.1, 0.15) is 17.0 Å². The van der Waals surface area contributed by atoms with Crippen molar-refractivity contribution in [1.29, 1.82) is 0 Å². The summed E-state index contributed by atoms with van der Waals surface area (Å²) in [5, 5.41) is 13.3. The average molecular weight is 393 g/mol. The fraction of sp³-hybridized carbons (Fsp3) is 0.312. The molecule has 3 rings (SSSR count). The van der Waals surface area contributed by atoms with Gasteiger partial charge < -0.3 is 14.8 Å². The van der Waals surface area contributed by atoms with Crippen molar-refractivity contribution in [2.24, 2.45) is 7.05 Å². The SMILES string of the molecule is COc1cc(S(=O)(=O)N(C)CCO)ccc1-c1nc2c(cnn2C)c(=O)[nH]1. The van der Waals surface area contributed by atoms with Crippen LogP contribution in [0.4, 0.5) is 0 Å². The third kappa shape index (κ3) is 3.31. The van der Waals surface area contributed by atoms with Crippen LogP contribution in [0.25, 0.3) is 22.4 Å². The second-order valence-electron chi connectivity index (χ2n) is 5.83. The van der Waals surface area contributed by atoms with E-state index < -0.39 is 10.0 Å². The topological polar surface area (TPSA) is 130 Å². The molecule has 0 bridgehead atoms. The Labute approximate surface area is 155 Å². The Balaban J connectivity index is 2.13. The van der Waals surface area contributed by atoms with Crippen LogP contribution in [0.3, 0.4) is 0 Å². The molecule has 0 aliphatic heterocycles. The number of nitrogens with one attached hydrogen (secondary N) is 1. The highest BCUT2D eigenvalue weighted by Gasteiger charge is 2.23. The summed E-state index contributed by atoms with van der Waals surface area (Å²) in [7, 11) is 0.655. The first-order valence-electron chi connectivity index (χ1n) is 7.97. The zero-order valence-electron chi connectivity index (χ0n) is 15.0. The number of aliphatic hydroxyl groups is 1. The molecule has 11 heteroatoms. The quantitative estimate of drug-likeness (QED) is 0.600. The summed E-state index contributed by atoms with van der Waals surface area (Å²) < 4.78 is 32.9. The predicted octanol–water partition coefficient (Wildman–Crippen LogP) is -0.0550. The normalized spacial score (nSPS) is 12.0. The number of benzene rings is 1. The molecule has 0 spiro atoms. The lowest BCUT2D eigenvalue weighted by atomic mass is 10.2. The van der Waals surface area contributed by atoms with Crippen molar-refractivity contribution in [3.63, 3.8) is 0 Å². The lowest BCUT2D eigenvalue weighted by Gasteiger charge is -2.17. The molecule has 0 radical (unpaired) electrons. The van der Waals surface area contributed by atoms with Gasteiger partial charge in [-0.3, -0.25) is 9.48 Å². The zero-order chi connectivity index (χ0) is 19.8. The molecule has 0 aliphatic carbocycles. The number of aromatic amines is 1. The number of fused-ring (bicyclic) bond motifs is 1. The summed E-state index contributed by atoms with van der Waals surface area (Å²) >= 11 is 0. The third-order valence-electron chi connectivity index (χ3n) is 4.15. The van der Waals surface area contributed by atoms with Crippen LogP contribution in [-0.4, -0.2) is 64.9 Å². The second kappa shape index (κ2) is 7.10. The van der Waals surface area contributed by atoms with Crippen LogP contribution in [0.2, 0.25) is 0 Å². The van der Waals surface area contributed by atoms with Gasteiger partial charge in [-0.1, -0.05) is 0 Å². The Bertz CT molecular complexity index is 1150. The van der Waals surface area contributed by atoms with Crippen LogP contribution in [-0.2, 0) is 17.1 Å². The van der Waals surface area contributed by atoms with E-state index in [4.69, 9.17) is 9.84 Å². The summed E-state index contributed by atoms with van der Waals surface area (Å²) in [4.78, 5) is 19.3. The zero-order valence-corrected chi connectivity index (χ0v) is 15.8. The fourth-order valence-electron chi connectivity index (χ4n) is 2.63. The summed E-state index contributed by atoms with van der Waals surface area (Å²) in [6, 6.07) is 4.26. The van der Waals surface area contributed by atoms with Crippen molar-refractivity contribution in [2.45, 2.75) is 4.90 Å². The van der Waals surface area contributed by atoms with Crippen molar-refractivity contribution < 1.29 is 18.3 Å². The molecule has 1 aromatic carbocycles. The van der Waals surface area contributed by atoms with Crippen molar-refractivity contribution in [2.75, 3.05) is 27.3 Å². The Morgan fingerprint density at radius 1 is 1.37 bits per heavy atom. The molecule has 2 aromatic heterocycles. The van der Waals surface area contributed by atoms with E-state index in [1.165, 1.54) is 43.2 Å². The Morgan fingerprint density at radius 3 is 2.78 bits per heavy atom. The van der Waals surface area contributed by atoms with Crippen molar-refractivity contribution in [3.05, 3.63) is 34.7 Å². The van der Waals surface area contributed by atoms with Crippen LogP contribution in [0.1, 0.15) is 0 Å². The molecular formula is C16H19N5O5S. The highest BCUT2D eigenvalue weighted by Crippen LogP contribution is 2.31. The van der Waals surface area contributed by atoms with Gasteiger partial charge in [0.15, 0.2) is 5.65 Å². The summed E-state index contributed by atoms with van der Waals surface area (Å²) in [5.74, 6) is 0.471. The first-order chi connectivity index (χ1) is 12.8. The van der Waals surface area contributed by atoms with Crippen LogP contribution in [0.5, 0.6) is 5.75 Å². The number of nitrogens with zero attached hydrogens (tertiary/aromatic N) is 4. The van der Waals surface area contributed by atoms with E-state index in [1.54, 1.807) is 7.05 Å². The number of aliphatic hydroxyl groups excluding tert-OH is 1. The largest absolute Gasteiger partial charge is 0.496 e. The van der Waals surface area contributed by atoms with E-state index in [9.17, 15) is 13.2 Å². The highest BCUT2D eigenvalue weighted by molar-refractivity contribution is 7.89. The van der Waals surface area contributed by atoms with Gasteiger partial charge in [0.25, 0.3) is 5.56 Å². The summed E-state index contributed by atoms with van der Waals surface area (Å²) in [6.07, 6.45) is 1.43. The molecule has 0 unspecified atom stereocenters. The molecule has 3 aromatic rings. The first-order valence-corrected chi connectivity index (χ1v) is 9.41. The van der Waals surface area contributed by atoms with E-state index in [0.29, 0.717) is 16.6 Å². The first kappa shape index (κ1) is 19.0. The number of sulfonamides is 1. The van der Waals surface area contributed by atoms with Gasteiger partial charge in [0.2, 0.25) is 10.0 Å². The van der Waals surface area contributed by atoms with Gasteiger partial charge in [-0.05, 0) is 12.1 Å². The van der Waals surface area contributed by atoms with Crippen LogP contribution >= 0.6 is 0 Å². The Hall–Kier alpha value is -2.76. The molecule has 0 atom stereocenters. The van der Waals surface area contributed by atoms with Gasteiger partial charge >= 0.3 is 0 Å². The van der Waals surface area contributed by atoms with E-state index in [1.807, 2.05) is 0 Å². The molecule has 10 nitrogen and oxygen atoms in total. The molecule has 0 amide bonds. The molecule has 0 aliphatic rings. The smallest absolute Gasteiger partial charge is 0.262 e. The second-order valence-corrected chi connectivity index (χ2v) is 7.88. The minimum Gasteiger partial charge on any atom is -0.496 e. The minimum atomic E-state index is -3.79. The molecular weight excluding hydrogens is 374 g/mol. The predicted molar refractivity (Wildman–Crippen MR) is 98.0 cm³/mol. The Morgan fingerprint density at radius 2 is 2.11 bits per heavy atom. The standard InChI is InChI=1S/C16H19N5O5S/c1-20(6-7-22)27(24,25)10-4-5-11(13(8-10)26-3)14-18-15-12(16(23)19-14)9-17-21(15)2/h4-5,8-9,22H,6-7H2,1-3H3,(H,18,19,23).